The molecule has 2 aromatic rings. The van der Waals surface area contributed by atoms with E-state index in [9.17, 15) is 12.8 Å². The van der Waals surface area contributed by atoms with Crippen LogP contribution < -0.4 is 5.32 Å². The molecule has 0 aliphatic heterocycles. The lowest BCUT2D eigenvalue weighted by Gasteiger charge is -2.35. The van der Waals surface area contributed by atoms with Crippen LogP contribution in [0.5, 0.6) is 0 Å². The van der Waals surface area contributed by atoms with Gasteiger partial charge in [-0.25, -0.2) is 12.8 Å². The largest absolute Gasteiger partial charge is 0.316 e. The number of hydrogen-bond acceptors (Lipinski definition) is 3. The lowest BCUT2D eigenvalue weighted by Crippen LogP contribution is -2.41. The van der Waals surface area contributed by atoms with E-state index in [0.717, 1.165) is 37.8 Å². The second-order valence-corrected chi connectivity index (χ2v) is 9.65. The van der Waals surface area contributed by atoms with Crippen molar-refractivity contribution in [1.29, 1.82) is 0 Å². The Balaban J connectivity index is 1.65. The van der Waals surface area contributed by atoms with Gasteiger partial charge in [-0.1, -0.05) is 36.4 Å². The van der Waals surface area contributed by atoms with Crippen molar-refractivity contribution >= 4 is 10.0 Å². The molecule has 1 aliphatic rings. The molecule has 0 amide bonds. The zero-order chi connectivity index (χ0) is 20.1. The molecule has 6 heteroatoms. The number of benzene rings is 2. The van der Waals surface area contributed by atoms with E-state index in [4.69, 9.17) is 0 Å². The van der Waals surface area contributed by atoms with Crippen LogP contribution in [0.1, 0.15) is 48.3 Å². The molecule has 0 bridgehead atoms. The molecule has 152 valence electrons. The molecule has 28 heavy (non-hydrogen) atoms. The third-order valence-corrected chi connectivity index (χ3v) is 6.89. The van der Waals surface area contributed by atoms with Crippen molar-refractivity contribution in [3.05, 3.63) is 71.0 Å². The summed E-state index contributed by atoms with van der Waals surface area (Å²) in [6.45, 7) is 1.16. The molecule has 0 heterocycles. The monoisotopic (exact) mass is 404 g/mol. The lowest BCUT2D eigenvalue weighted by molar-refractivity contribution is 0.235. The topological polar surface area (TPSA) is 49.4 Å². The smallest absolute Gasteiger partial charge is 0.211 e. The fourth-order valence-electron chi connectivity index (χ4n) is 4.10. The zero-order valence-electron chi connectivity index (χ0n) is 16.6. The van der Waals surface area contributed by atoms with Gasteiger partial charge in [0.2, 0.25) is 10.0 Å². The Morgan fingerprint density at radius 1 is 0.964 bits per heavy atom. The number of sulfonamides is 1. The standard InChI is InChI=1S/C22H29FN2O2S/c1-24-15-17-3-7-19(8-4-17)20-9-13-22(14-10-20)25(28(2,26)27)16-18-5-11-21(23)12-6-18/h3-8,11-12,20,22,24H,9-10,13-16H2,1-2H3. The van der Waals surface area contributed by atoms with Gasteiger partial charge in [0.25, 0.3) is 0 Å². The fraction of sp³-hybridized carbons (Fsp3) is 0.455. The van der Waals surface area contributed by atoms with Crippen LogP contribution in [0.15, 0.2) is 48.5 Å². The van der Waals surface area contributed by atoms with Crippen molar-refractivity contribution in [3.63, 3.8) is 0 Å². The summed E-state index contributed by atoms with van der Waals surface area (Å²) < 4.78 is 39.5. The van der Waals surface area contributed by atoms with Gasteiger partial charge in [-0.2, -0.15) is 4.31 Å². The van der Waals surface area contributed by atoms with Crippen LogP contribution in [0.25, 0.3) is 0 Å². The van der Waals surface area contributed by atoms with Crippen LogP contribution in [0, 0.1) is 5.82 Å². The summed E-state index contributed by atoms with van der Waals surface area (Å²) >= 11 is 0. The number of halogens is 1. The average Bonchev–Trinajstić information content (AvgIpc) is 2.68. The molecular formula is C22H29FN2O2S. The molecular weight excluding hydrogens is 375 g/mol. The number of rotatable bonds is 7. The highest BCUT2D eigenvalue weighted by Gasteiger charge is 2.31. The summed E-state index contributed by atoms with van der Waals surface area (Å²) in [7, 11) is -1.40. The van der Waals surface area contributed by atoms with E-state index >= 15 is 0 Å². The second-order valence-electron chi connectivity index (χ2n) is 7.71. The van der Waals surface area contributed by atoms with Gasteiger partial charge in [-0.05, 0) is 67.5 Å². The van der Waals surface area contributed by atoms with Crippen LogP contribution in [-0.4, -0.2) is 32.1 Å². The SMILES string of the molecule is CNCc1ccc(C2CCC(N(Cc3ccc(F)cc3)S(C)(=O)=O)CC2)cc1. The predicted octanol–water partition coefficient (Wildman–Crippen LogP) is 4.03. The molecule has 1 saturated carbocycles. The second kappa shape index (κ2) is 9.16. The van der Waals surface area contributed by atoms with Crippen molar-refractivity contribution < 1.29 is 12.8 Å². The molecule has 0 atom stereocenters. The Morgan fingerprint density at radius 2 is 1.54 bits per heavy atom. The third kappa shape index (κ3) is 5.40. The average molecular weight is 405 g/mol. The van der Waals surface area contributed by atoms with Crippen LogP contribution in [0.4, 0.5) is 4.39 Å². The van der Waals surface area contributed by atoms with Gasteiger partial charge in [0.05, 0.1) is 6.26 Å². The summed E-state index contributed by atoms with van der Waals surface area (Å²) in [6, 6.07) is 14.8. The minimum absolute atomic E-state index is 0.000123. The van der Waals surface area contributed by atoms with Crippen LogP contribution in [0.2, 0.25) is 0 Å². The van der Waals surface area contributed by atoms with Crippen molar-refractivity contribution in [1.82, 2.24) is 9.62 Å². The molecule has 0 radical (unpaired) electrons. The van der Waals surface area contributed by atoms with E-state index in [1.54, 1.807) is 16.4 Å². The predicted molar refractivity (Wildman–Crippen MR) is 111 cm³/mol. The molecule has 0 saturated heterocycles. The molecule has 0 unspecified atom stereocenters. The highest BCUT2D eigenvalue weighted by molar-refractivity contribution is 7.88. The van der Waals surface area contributed by atoms with E-state index in [0.29, 0.717) is 12.5 Å². The molecule has 1 fully saturated rings. The zero-order valence-corrected chi connectivity index (χ0v) is 17.4. The summed E-state index contributed by atoms with van der Waals surface area (Å²) in [4.78, 5) is 0. The van der Waals surface area contributed by atoms with Crippen molar-refractivity contribution in [3.8, 4) is 0 Å². The number of hydrogen-bond donors (Lipinski definition) is 1. The minimum Gasteiger partial charge on any atom is -0.316 e. The van der Waals surface area contributed by atoms with E-state index in [1.165, 1.54) is 29.5 Å². The molecule has 1 N–H and O–H groups in total. The van der Waals surface area contributed by atoms with Crippen molar-refractivity contribution in [2.24, 2.45) is 0 Å². The van der Waals surface area contributed by atoms with Gasteiger partial charge in [0.15, 0.2) is 0 Å². The Bertz CT molecular complexity index is 858. The maximum absolute atomic E-state index is 13.1. The molecule has 0 spiro atoms. The quantitative estimate of drug-likeness (QED) is 0.758. The van der Waals surface area contributed by atoms with Crippen LogP contribution >= 0.6 is 0 Å². The van der Waals surface area contributed by atoms with Crippen molar-refractivity contribution in [2.45, 2.75) is 50.7 Å². The molecule has 0 aromatic heterocycles. The number of nitrogens with zero attached hydrogens (tertiary/aromatic N) is 1. The van der Waals surface area contributed by atoms with Gasteiger partial charge in [-0.15, -0.1) is 0 Å². The Kier molecular flexibility index (Phi) is 6.86. The summed E-state index contributed by atoms with van der Waals surface area (Å²) in [5, 5.41) is 3.16. The number of nitrogens with one attached hydrogen (secondary N) is 1. The van der Waals surface area contributed by atoms with E-state index in [-0.39, 0.29) is 11.9 Å². The van der Waals surface area contributed by atoms with E-state index in [2.05, 4.69) is 29.6 Å². The summed E-state index contributed by atoms with van der Waals surface area (Å²) in [5.41, 5.74) is 3.42. The summed E-state index contributed by atoms with van der Waals surface area (Å²) in [6.07, 6.45) is 4.91. The van der Waals surface area contributed by atoms with Gasteiger partial charge in [0.1, 0.15) is 5.82 Å². The molecule has 3 rings (SSSR count). The maximum atomic E-state index is 13.1. The lowest BCUT2D eigenvalue weighted by atomic mass is 9.81. The maximum Gasteiger partial charge on any atom is 0.211 e. The van der Waals surface area contributed by atoms with Gasteiger partial charge in [0, 0.05) is 19.1 Å². The molecule has 4 nitrogen and oxygen atoms in total. The molecule has 2 aromatic carbocycles. The van der Waals surface area contributed by atoms with Gasteiger partial charge < -0.3 is 5.32 Å². The van der Waals surface area contributed by atoms with E-state index < -0.39 is 10.0 Å². The first-order valence-corrected chi connectivity index (χ1v) is 11.7. The normalized spacial score (nSPS) is 20.4. The Labute approximate surface area is 167 Å². The highest BCUT2D eigenvalue weighted by atomic mass is 32.2. The van der Waals surface area contributed by atoms with Gasteiger partial charge in [-0.3, -0.25) is 0 Å². The first-order valence-electron chi connectivity index (χ1n) is 9.81. The minimum atomic E-state index is -3.33. The van der Waals surface area contributed by atoms with E-state index in [1.807, 2.05) is 7.05 Å². The first kappa shape index (κ1) is 21.0. The van der Waals surface area contributed by atoms with Crippen molar-refractivity contribution in [2.75, 3.05) is 13.3 Å². The van der Waals surface area contributed by atoms with Crippen LogP contribution in [-0.2, 0) is 23.1 Å². The van der Waals surface area contributed by atoms with Crippen LogP contribution in [0.3, 0.4) is 0 Å². The molecule has 1 aliphatic carbocycles. The highest BCUT2D eigenvalue weighted by Crippen LogP contribution is 2.36. The first-order chi connectivity index (χ1) is 13.4. The third-order valence-electron chi connectivity index (χ3n) is 5.61. The Morgan fingerprint density at radius 3 is 2.07 bits per heavy atom. The Hall–Kier alpha value is -1.76. The fourth-order valence-corrected chi connectivity index (χ4v) is 5.23. The summed E-state index contributed by atoms with van der Waals surface area (Å²) in [5.74, 6) is 0.169. The van der Waals surface area contributed by atoms with Gasteiger partial charge >= 0.3 is 0 Å².